The number of ether oxygens (including phenoxy) is 1. The van der Waals surface area contributed by atoms with Gasteiger partial charge in [0.05, 0.1) is 16.8 Å². The number of rotatable bonds is 3. The van der Waals surface area contributed by atoms with E-state index < -0.39 is 0 Å². The molecular formula is C18H18ClIN2O. The molecule has 5 heteroatoms. The van der Waals surface area contributed by atoms with E-state index in [2.05, 4.69) is 71.9 Å². The second-order valence-corrected chi connectivity index (χ2v) is 7.97. The smallest absolute Gasteiger partial charge is 0.219 e. The fraction of sp³-hybridized carbons (Fsp3) is 0.278. The van der Waals surface area contributed by atoms with E-state index in [0.29, 0.717) is 17.5 Å². The minimum atomic E-state index is -0.201. The molecule has 1 heterocycles. The summed E-state index contributed by atoms with van der Waals surface area (Å²) in [6, 6.07) is 12.0. The van der Waals surface area contributed by atoms with Gasteiger partial charge in [0.1, 0.15) is 6.61 Å². The van der Waals surface area contributed by atoms with Gasteiger partial charge >= 0.3 is 0 Å². The summed E-state index contributed by atoms with van der Waals surface area (Å²) in [6.45, 7) is 6.78. The summed E-state index contributed by atoms with van der Waals surface area (Å²) in [5.41, 5.74) is 3.88. The van der Waals surface area contributed by atoms with E-state index in [1.54, 1.807) is 0 Å². The van der Waals surface area contributed by atoms with Crippen molar-refractivity contribution in [3.63, 3.8) is 0 Å². The van der Waals surface area contributed by atoms with E-state index >= 15 is 0 Å². The number of nitrogens with one attached hydrogen (secondary N) is 1. The molecule has 23 heavy (non-hydrogen) atoms. The molecule has 0 unspecified atom stereocenters. The van der Waals surface area contributed by atoms with Crippen LogP contribution in [0.4, 0.5) is 11.4 Å². The van der Waals surface area contributed by atoms with Gasteiger partial charge < -0.3 is 10.1 Å². The van der Waals surface area contributed by atoms with Crippen molar-refractivity contribution in [3.8, 4) is 0 Å². The Kier molecular flexibility index (Phi) is 4.56. The van der Waals surface area contributed by atoms with Crippen molar-refractivity contribution < 1.29 is 4.74 Å². The van der Waals surface area contributed by atoms with Gasteiger partial charge in [-0.05, 0) is 85.3 Å². The number of halogens is 2. The highest BCUT2D eigenvalue weighted by atomic mass is 127. The number of hydrogen-bond acceptors (Lipinski definition) is 3. The molecule has 3 rings (SSSR count). The standard InChI is InChI=1S/C18H18ClIN2O/c1-11-8-13(20)5-7-15(11)21-16-6-4-12(19)9-14(16)17-22-18(2,3)10-23-17/h4-9,21H,10H2,1-3H3. The number of benzene rings is 2. The highest BCUT2D eigenvalue weighted by Gasteiger charge is 2.28. The number of aryl methyl sites for hydroxylation is 1. The molecular weight excluding hydrogens is 423 g/mol. The minimum absolute atomic E-state index is 0.201. The topological polar surface area (TPSA) is 33.6 Å². The van der Waals surface area contributed by atoms with Gasteiger partial charge in [0.15, 0.2) is 0 Å². The first-order chi connectivity index (χ1) is 10.8. The van der Waals surface area contributed by atoms with Gasteiger partial charge in [0, 0.05) is 14.3 Å². The highest BCUT2D eigenvalue weighted by Crippen LogP contribution is 2.30. The maximum atomic E-state index is 6.18. The third kappa shape index (κ3) is 3.80. The maximum absolute atomic E-state index is 6.18. The summed E-state index contributed by atoms with van der Waals surface area (Å²) in [7, 11) is 0. The Balaban J connectivity index is 2.00. The van der Waals surface area contributed by atoms with Gasteiger partial charge in [-0.3, -0.25) is 0 Å². The first-order valence-corrected chi connectivity index (χ1v) is 8.85. The molecule has 0 saturated carbocycles. The van der Waals surface area contributed by atoms with E-state index in [1.165, 1.54) is 9.13 Å². The van der Waals surface area contributed by atoms with Gasteiger partial charge in [0.25, 0.3) is 0 Å². The Morgan fingerprint density at radius 2 is 1.91 bits per heavy atom. The molecule has 0 amide bonds. The van der Waals surface area contributed by atoms with Crippen LogP contribution < -0.4 is 5.32 Å². The van der Waals surface area contributed by atoms with Crippen molar-refractivity contribution in [3.05, 3.63) is 56.1 Å². The molecule has 0 fully saturated rings. The quantitative estimate of drug-likeness (QED) is 0.635. The lowest BCUT2D eigenvalue weighted by Crippen LogP contribution is -2.17. The van der Waals surface area contributed by atoms with Gasteiger partial charge in [-0.25, -0.2) is 4.99 Å². The lowest BCUT2D eigenvalue weighted by atomic mass is 10.1. The van der Waals surface area contributed by atoms with Crippen LogP contribution in [0.3, 0.4) is 0 Å². The van der Waals surface area contributed by atoms with Crippen molar-refractivity contribution >= 4 is 51.5 Å². The number of anilines is 2. The Hall–Kier alpha value is -1.27. The zero-order valence-electron chi connectivity index (χ0n) is 13.3. The highest BCUT2D eigenvalue weighted by molar-refractivity contribution is 14.1. The molecule has 0 bridgehead atoms. The number of nitrogens with zero attached hydrogens (tertiary/aromatic N) is 1. The third-order valence-corrected chi connectivity index (χ3v) is 4.54. The van der Waals surface area contributed by atoms with Crippen LogP contribution in [0.25, 0.3) is 0 Å². The minimum Gasteiger partial charge on any atom is -0.475 e. The zero-order valence-corrected chi connectivity index (χ0v) is 16.2. The van der Waals surface area contributed by atoms with E-state index in [9.17, 15) is 0 Å². The molecule has 2 aromatic rings. The van der Waals surface area contributed by atoms with E-state index in [-0.39, 0.29) is 5.54 Å². The average molecular weight is 441 g/mol. The molecule has 0 spiro atoms. The van der Waals surface area contributed by atoms with E-state index in [4.69, 9.17) is 16.3 Å². The van der Waals surface area contributed by atoms with E-state index in [0.717, 1.165) is 16.9 Å². The fourth-order valence-electron chi connectivity index (χ4n) is 2.44. The Morgan fingerprint density at radius 1 is 1.17 bits per heavy atom. The molecule has 120 valence electrons. The summed E-state index contributed by atoms with van der Waals surface area (Å²) >= 11 is 8.50. The van der Waals surface area contributed by atoms with Crippen LogP contribution in [0.2, 0.25) is 5.02 Å². The SMILES string of the molecule is Cc1cc(I)ccc1Nc1ccc(Cl)cc1C1=NC(C)(C)CO1. The average Bonchev–Trinajstić information content (AvgIpc) is 2.83. The molecule has 0 radical (unpaired) electrons. The van der Waals surface area contributed by atoms with Gasteiger partial charge in [0.2, 0.25) is 5.90 Å². The van der Waals surface area contributed by atoms with Gasteiger partial charge in [-0.15, -0.1) is 0 Å². The van der Waals surface area contributed by atoms with Gasteiger partial charge in [-0.2, -0.15) is 0 Å². The summed E-state index contributed by atoms with van der Waals surface area (Å²) in [5.74, 6) is 0.642. The number of aliphatic imine (C=N–C) groups is 1. The summed E-state index contributed by atoms with van der Waals surface area (Å²) in [4.78, 5) is 4.67. The first kappa shape index (κ1) is 16.6. The molecule has 0 saturated heterocycles. The van der Waals surface area contributed by atoms with Crippen LogP contribution >= 0.6 is 34.2 Å². The monoisotopic (exact) mass is 440 g/mol. The maximum Gasteiger partial charge on any atom is 0.219 e. The van der Waals surface area contributed by atoms with Crippen LogP contribution in [0.5, 0.6) is 0 Å². The Morgan fingerprint density at radius 3 is 2.57 bits per heavy atom. The van der Waals surface area contributed by atoms with Crippen LogP contribution in [-0.2, 0) is 4.74 Å². The number of hydrogen-bond donors (Lipinski definition) is 1. The molecule has 0 aromatic heterocycles. The lowest BCUT2D eigenvalue weighted by molar-refractivity contribution is 0.279. The van der Waals surface area contributed by atoms with Crippen molar-refractivity contribution in [1.29, 1.82) is 0 Å². The second kappa shape index (κ2) is 6.32. The molecule has 1 aliphatic rings. The second-order valence-electron chi connectivity index (χ2n) is 6.29. The summed E-state index contributed by atoms with van der Waals surface area (Å²) < 4.78 is 7.00. The molecule has 0 atom stereocenters. The van der Waals surface area contributed by atoms with Crippen molar-refractivity contribution in [2.24, 2.45) is 4.99 Å². The molecule has 2 aromatic carbocycles. The third-order valence-electron chi connectivity index (χ3n) is 3.64. The molecule has 3 nitrogen and oxygen atoms in total. The van der Waals surface area contributed by atoms with Crippen LogP contribution in [0, 0.1) is 10.5 Å². The van der Waals surface area contributed by atoms with Crippen molar-refractivity contribution in [2.45, 2.75) is 26.3 Å². The Bertz CT molecular complexity index is 787. The fourth-order valence-corrected chi connectivity index (χ4v) is 3.26. The molecule has 1 N–H and O–H groups in total. The first-order valence-electron chi connectivity index (χ1n) is 7.40. The van der Waals surface area contributed by atoms with Crippen molar-refractivity contribution in [2.75, 3.05) is 11.9 Å². The van der Waals surface area contributed by atoms with Crippen molar-refractivity contribution in [1.82, 2.24) is 0 Å². The van der Waals surface area contributed by atoms with Gasteiger partial charge in [-0.1, -0.05) is 11.6 Å². The molecule has 1 aliphatic heterocycles. The Labute approximate surface area is 155 Å². The predicted octanol–water partition coefficient (Wildman–Crippen LogP) is 5.55. The summed E-state index contributed by atoms with van der Waals surface area (Å²) in [5, 5.41) is 4.14. The van der Waals surface area contributed by atoms with Crippen LogP contribution in [0.1, 0.15) is 25.0 Å². The largest absolute Gasteiger partial charge is 0.475 e. The van der Waals surface area contributed by atoms with Crippen LogP contribution in [-0.4, -0.2) is 18.0 Å². The van der Waals surface area contributed by atoms with Crippen LogP contribution in [0.15, 0.2) is 41.4 Å². The predicted molar refractivity (Wildman–Crippen MR) is 105 cm³/mol. The lowest BCUT2D eigenvalue weighted by Gasteiger charge is -2.14. The van der Waals surface area contributed by atoms with E-state index in [1.807, 2.05) is 18.2 Å². The summed E-state index contributed by atoms with van der Waals surface area (Å²) in [6.07, 6.45) is 0. The normalized spacial score (nSPS) is 16.0. The zero-order chi connectivity index (χ0) is 16.6. The molecule has 0 aliphatic carbocycles.